The van der Waals surface area contributed by atoms with E-state index in [1.54, 1.807) is 0 Å². The summed E-state index contributed by atoms with van der Waals surface area (Å²) in [5.74, 6) is 0.843. The highest BCUT2D eigenvalue weighted by molar-refractivity contribution is 9.08. The number of nitrogens with zero attached hydrogens (tertiary/aromatic N) is 3. The number of ether oxygens (including phenoxy) is 1. The largest absolute Gasteiger partial charge is 0.374 e. The van der Waals surface area contributed by atoms with Crippen molar-refractivity contribution >= 4 is 21.9 Å². The first-order valence-electron chi connectivity index (χ1n) is 5.12. The minimum atomic E-state index is 0.398. The van der Waals surface area contributed by atoms with Gasteiger partial charge < -0.3 is 9.64 Å². The monoisotopic (exact) mass is 269 g/mol. The first kappa shape index (κ1) is 9.54. The molecular formula is C10H12BrN3O. The summed E-state index contributed by atoms with van der Waals surface area (Å²) in [7, 11) is 0. The van der Waals surface area contributed by atoms with Crippen molar-refractivity contribution in [3.63, 3.8) is 0 Å². The van der Waals surface area contributed by atoms with E-state index in [4.69, 9.17) is 4.74 Å². The van der Waals surface area contributed by atoms with E-state index >= 15 is 0 Å². The summed E-state index contributed by atoms with van der Waals surface area (Å²) in [6, 6.07) is 0.491. The molecule has 1 aromatic rings. The van der Waals surface area contributed by atoms with Gasteiger partial charge in [0, 0.05) is 24.3 Å². The number of halogens is 1. The van der Waals surface area contributed by atoms with Gasteiger partial charge in [-0.3, -0.25) is 0 Å². The van der Waals surface area contributed by atoms with Crippen molar-refractivity contribution in [2.45, 2.75) is 23.9 Å². The van der Waals surface area contributed by atoms with Crippen molar-refractivity contribution in [1.29, 1.82) is 0 Å². The number of alkyl halides is 1. The molecule has 0 amide bonds. The smallest absolute Gasteiger partial charge is 0.225 e. The summed E-state index contributed by atoms with van der Waals surface area (Å²) in [5.41, 5.74) is 1.11. The topological polar surface area (TPSA) is 38.2 Å². The lowest BCUT2D eigenvalue weighted by Crippen LogP contribution is -2.38. The highest BCUT2D eigenvalue weighted by atomic mass is 79.9. The molecule has 2 aliphatic heterocycles. The lowest BCUT2D eigenvalue weighted by atomic mass is 10.2. The van der Waals surface area contributed by atoms with Crippen LogP contribution in [0.2, 0.25) is 0 Å². The average molecular weight is 270 g/mol. The minimum Gasteiger partial charge on any atom is -0.374 e. The van der Waals surface area contributed by atoms with Gasteiger partial charge in [-0.25, -0.2) is 9.97 Å². The summed E-state index contributed by atoms with van der Waals surface area (Å²) >= 11 is 3.38. The molecule has 2 fully saturated rings. The summed E-state index contributed by atoms with van der Waals surface area (Å²) in [6.45, 7) is 1.77. The van der Waals surface area contributed by atoms with Crippen LogP contribution < -0.4 is 4.90 Å². The van der Waals surface area contributed by atoms with Gasteiger partial charge in [0.25, 0.3) is 0 Å². The lowest BCUT2D eigenvalue weighted by molar-refractivity contribution is 0.0986. The summed E-state index contributed by atoms with van der Waals surface area (Å²) in [6.07, 6.45) is 5.28. The van der Waals surface area contributed by atoms with Crippen LogP contribution in [-0.2, 0) is 10.1 Å². The third-order valence-electron chi connectivity index (χ3n) is 3.00. The quantitative estimate of drug-likeness (QED) is 0.760. The van der Waals surface area contributed by atoms with Crippen molar-refractivity contribution in [2.24, 2.45) is 0 Å². The van der Waals surface area contributed by atoms with Crippen LogP contribution in [0.4, 0.5) is 5.95 Å². The van der Waals surface area contributed by atoms with E-state index in [1.165, 1.54) is 0 Å². The number of morpholine rings is 1. The fourth-order valence-electron chi connectivity index (χ4n) is 2.21. The number of rotatable bonds is 2. The Labute approximate surface area is 96.8 Å². The molecule has 15 heavy (non-hydrogen) atoms. The fraction of sp³-hybridized carbons (Fsp3) is 0.600. The predicted molar refractivity (Wildman–Crippen MR) is 60.2 cm³/mol. The molecule has 4 nitrogen and oxygen atoms in total. The van der Waals surface area contributed by atoms with Crippen LogP contribution in [0, 0.1) is 0 Å². The SMILES string of the molecule is BrCc1cnc(N2CC3CC2CO3)nc1. The van der Waals surface area contributed by atoms with Crippen molar-refractivity contribution in [1.82, 2.24) is 9.97 Å². The van der Waals surface area contributed by atoms with Gasteiger partial charge in [0.15, 0.2) is 0 Å². The van der Waals surface area contributed by atoms with Gasteiger partial charge in [-0.15, -0.1) is 0 Å². The Morgan fingerprint density at radius 2 is 2.27 bits per heavy atom. The molecule has 0 spiro atoms. The van der Waals surface area contributed by atoms with E-state index in [-0.39, 0.29) is 0 Å². The van der Waals surface area contributed by atoms with E-state index < -0.39 is 0 Å². The fourth-order valence-corrected chi connectivity index (χ4v) is 2.50. The van der Waals surface area contributed by atoms with Crippen LogP contribution >= 0.6 is 15.9 Å². The number of hydrogen-bond acceptors (Lipinski definition) is 4. The molecule has 0 radical (unpaired) electrons. The van der Waals surface area contributed by atoms with E-state index in [1.807, 2.05) is 12.4 Å². The Morgan fingerprint density at radius 1 is 1.47 bits per heavy atom. The lowest BCUT2D eigenvalue weighted by Gasteiger charge is -2.26. The molecule has 2 aliphatic rings. The van der Waals surface area contributed by atoms with Gasteiger partial charge in [-0.1, -0.05) is 15.9 Å². The molecule has 1 aromatic heterocycles. The maximum Gasteiger partial charge on any atom is 0.225 e. The zero-order valence-corrected chi connectivity index (χ0v) is 9.85. The number of fused-ring (bicyclic) bond motifs is 2. The minimum absolute atomic E-state index is 0.398. The molecule has 3 rings (SSSR count). The summed E-state index contributed by atoms with van der Waals surface area (Å²) in [4.78, 5) is 11.0. The average Bonchev–Trinajstić information content (AvgIpc) is 2.91. The first-order valence-corrected chi connectivity index (χ1v) is 6.24. The standard InChI is InChI=1S/C10H12BrN3O/c11-2-7-3-12-10(13-4-7)14-5-9-1-8(14)6-15-9/h3-4,8-9H,1-2,5-6H2. The molecule has 0 aromatic carbocycles. The Balaban J connectivity index is 1.81. The first-order chi connectivity index (χ1) is 7.36. The van der Waals surface area contributed by atoms with Gasteiger partial charge in [-0.05, 0) is 12.0 Å². The highest BCUT2D eigenvalue weighted by Crippen LogP contribution is 2.30. The predicted octanol–water partition coefficient (Wildman–Crippen LogP) is 1.35. The normalized spacial score (nSPS) is 28.7. The van der Waals surface area contributed by atoms with Crippen LogP contribution in [0.25, 0.3) is 0 Å². The molecule has 80 valence electrons. The van der Waals surface area contributed by atoms with Gasteiger partial charge in [0.05, 0.1) is 18.8 Å². The molecule has 0 aliphatic carbocycles. The van der Waals surface area contributed by atoms with Crippen molar-refractivity contribution in [2.75, 3.05) is 18.1 Å². The summed E-state index contributed by atoms with van der Waals surface area (Å²) in [5, 5.41) is 0.808. The zero-order valence-electron chi connectivity index (χ0n) is 8.27. The highest BCUT2D eigenvalue weighted by Gasteiger charge is 2.40. The second-order valence-corrected chi connectivity index (χ2v) is 4.58. The molecular weight excluding hydrogens is 258 g/mol. The van der Waals surface area contributed by atoms with Gasteiger partial charge in [-0.2, -0.15) is 0 Å². The van der Waals surface area contributed by atoms with Crippen LogP contribution in [0.15, 0.2) is 12.4 Å². The zero-order chi connectivity index (χ0) is 10.3. The second-order valence-electron chi connectivity index (χ2n) is 4.02. The van der Waals surface area contributed by atoms with Gasteiger partial charge in [0.2, 0.25) is 5.95 Å². The van der Waals surface area contributed by atoms with Crippen molar-refractivity contribution < 1.29 is 4.74 Å². The number of aromatic nitrogens is 2. The molecule has 2 atom stereocenters. The van der Waals surface area contributed by atoms with Crippen LogP contribution in [-0.4, -0.2) is 35.3 Å². The molecule has 0 saturated carbocycles. The van der Waals surface area contributed by atoms with Gasteiger partial charge >= 0.3 is 0 Å². The third-order valence-corrected chi connectivity index (χ3v) is 3.65. The molecule has 0 N–H and O–H groups in total. The van der Waals surface area contributed by atoms with Crippen molar-refractivity contribution in [3.8, 4) is 0 Å². The van der Waals surface area contributed by atoms with E-state index in [0.29, 0.717) is 12.1 Å². The van der Waals surface area contributed by atoms with Crippen molar-refractivity contribution in [3.05, 3.63) is 18.0 Å². The van der Waals surface area contributed by atoms with E-state index in [9.17, 15) is 0 Å². The third kappa shape index (κ3) is 1.63. The van der Waals surface area contributed by atoms with E-state index in [0.717, 1.165) is 36.4 Å². The molecule has 2 bridgehead atoms. The Hall–Kier alpha value is -0.680. The van der Waals surface area contributed by atoms with Gasteiger partial charge in [0.1, 0.15) is 0 Å². The Kier molecular flexibility index (Phi) is 2.36. The van der Waals surface area contributed by atoms with Crippen LogP contribution in [0.5, 0.6) is 0 Å². The maximum absolute atomic E-state index is 5.54. The molecule has 5 heteroatoms. The Morgan fingerprint density at radius 3 is 2.80 bits per heavy atom. The number of hydrogen-bond donors (Lipinski definition) is 0. The molecule has 3 heterocycles. The Bertz CT molecular complexity index is 356. The van der Waals surface area contributed by atoms with E-state index in [2.05, 4.69) is 30.8 Å². The molecule has 2 saturated heterocycles. The summed E-state index contributed by atoms with van der Waals surface area (Å²) < 4.78 is 5.54. The van der Waals surface area contributed by atoms with Crippen LogP contribution in [0.3, 0.4) is 0 Å². The second kappa shape index (κ2) is 3.72. The molecule has 2 unspecified atom stereocenters. The van der Waals surface area contributed by atoms with Crippen LogP contribution in [0.1, 0.15) is 12.0 Å². The maximum atomic E-state index is 5.54. The number of anilines is 1.